The quantitative estimate of drug-likeness (QED) is 0.887. The van der Waals surface area contributed by atoms with Gasteiger partial charge in [-0.3, -0.25) is 0 Å². The lowest BCUT2D eigenvalue weighted by atomic mass is 9.99. The van der Waals surface area contributed by atoms with Crippen LogP contribution in [0.1, 0.15) is 15.9 Å². The van der Waals surface area contributed by atoms with Gasteiger partial charge in [0.15, 0.2) is 0 Å². The van der Waals surface area contributed by atoms with Crippen LogP contribution in [0.2, 0.25) is 0 Å². The van der Waals surface area contributed by atoms with Gasteiger partial charge in [-0.25, -0.2) is 4.79 Å². The van der Waals surface area contributed by atoms with Gasteiger partial charge in [0.1, 0.15) is 0 Å². The Hall–Kier alpha value is -2.01. The molecule has 0 heterocycles. The first-order chi connectivity index (χ1) is 8.89. The second-order valence-electron chi connectivity index (χ2n) is 3.93. The van der Waals surface area contributed by atoms with Crippen molar-refractivity contribution < 1.29 is 23.1 Å². The lowest BCUT2D eigenvalue weighted by Crippen LogP contribution is -2.04. The van der Waals surface area contributed by atoms with E-state index in [1.54, 1.807) is 18.2 Å². The molecule has 0 bridgehead atoms. The monoisotopic (exact) mass is 302 g/mol. The number of halogens is 4. The van der Waals surface area contributed by atoms with Crippen LogP contribution in [0.4, 0.5) is 13.2 Å². The summed E-state index contributed by atoms with van der Waals surface area (Å²) in [6, 6.07) is 10.6. The average molecular weight is 303 g/mol. The zero-order valence-electron chi connectivity index (χ0n) is 10.0. The predicted octanol–water partition coefficient (Wildman–Crippen LogP) is 4.49. The molecule has 106 valence electrons. The van der Waals surface area contributed by atoms with Crippen molar-refractivity contribution in [2.75, 3.05) is 0 Å². The van der Waals surface area contributed by atoms with E-state index in [4.69, 9.17) is 5.11 Å². The fraction of sp³-hybridized carbons (Fsp3) is 0.0714. The van der Waals surface area contributed by atoms with Gasteiger partial charge < -0.3 is 5.11 Å². The predicted molar refractivity (Wildman–Crippen MR) is 71.1 cm³/mol. The molecule has 2 nitrogen and oxygen atoms in total. The first-order valence-electron chi connectivity index (χ1n) is 5.39. The van der Waals surface area contributed by atoms with Gasteiger partial charge in [-0.15, -0.1) is 12.4 Å². The first-order valence-corrected chi connectivity index (χ1v) is 5.39. The molecule has 0 amide bonds. The number of hydrogen-bond acceptors (Lipinski definition) is 1. The maximum absolute atomic E-state index is 12.4. The molecule has 0 saturated carbocycles. The van der Waals surface area contributed by atoms with Crippen molar-refractivity contribution >= 4 is 18.4 Å². The van der Waals surface area contributed by atoms with E-state index >= 15 is 0 Å². The van der Waals surface area contributed by atoms with Gasteiger partial charge in [0.25, 0.3) is 0 Å². The molecular weight excluding hydrogens is 293 g/mol. The minimum absolute atomic E-state index is 0. The third kappa shape index (κ3) is 3.30. The van der Waals surface area contributed by atoms with Crippen LogP contribution in [0.5, 0.6) is 0 Å². The molecule has 0 radical (unpaired) electrons. The number of rotatable bonds is 2. The van der Waals surface area contributed by atoms with E-state index < -0.39 is 17.7 Å². The topological polar surface area (TPSA) is 37.3 Å². The summed E-state index contributed by atoms with van der Waals surface area (Å²) in [5.74, 6) is -1.12. The van der Waals surface area contributed by atoms with Crippen LogP contribution in [0.25, 0.3) is 11.1 Å². The van der Waals surface area contributed by atoms with E-state index in [0.29, 0.717) is 11.1 Å². The Morgan fingerprint density at radius 1 is 0.950 bits per heavy atom. The van der Waals surface area contributed by atoms with E-state index in [9.17, 15) is 18.0 Å². The minimum Gasteiger partial charge on any atom is -0.478 e. The molecule has 0 aliphatic rings. The molecule has 1 N–H and O–H groups in total. The fourth-order valence-electron chi connectivity index (χ4n) is 1.76. The van der Waals surface area contributed by atoms with Crippen LogP contribution in [0.3, 0.4) is 0 Å². The number of alkyl halides is 3. The molecule has 20 heavy (non-hydrogen) atoms. The number of carboxylic acid groups (broad SMARTS) is 1. The number of benzene rings is 2. The van der Waals surface area contributed by atoms with Crippen LogP contribution in [-0.2, 0) is 6.18 Å². The maximum atomic E-state index is 12.4. The molecule has 0 spiro atoms. The molecule has 6 heteroatoms. The molecular formula is C14H10ClF3O2. The Labute approximate surface area is 119 Å². The highest BCUT2D eigenvalue weighted by Crippen LogP contribution is 2.31. The van der Waals surface area contributed by atoms with Crippen LogP contribution >= 0.6 is 12.4 Å². The number of carbonyl (C=O) groups is 1. The van der Waals surface area contributed by atoms with Gasteiger partial charge in [-0.05, 0) is 29.3 Å². The minimum atomic E-state index is -4.40. The summed E-state index contributed by atoms with van der Waals surface area (Å²) >= 11 is 0. The highest BCUT2D eigenvalue weighted by atomic mass is 35.5. The van der Waals surface area contributed by atoms with Crippen molar-refractivity contribution in [1.82, 2.24) is 0 Å². The number of aromatic carboxylic acids is 1. The van der Waals surface area contributed by atoms with Crippen molar-refractivity contribution in [3.63, 3.8) is 0 Å². The largest absolute Gasteiger partial charge is 0.478 e. The Bertz CT molecular complexity index is 607. The highest BCUT2D eigenvalue weighted by Gasteiger charge is 2.30. The van der Waals surface area contributed by atoms with E-state index in [0.717, 1.165) is 12.1 Å². The first kappa shape index (κ1) is 16.0. The molecule has 0 saturated heterocycles. The summed E-state index contributed by atoms with van der Waals surface area (Å²) in [5.41, 5.74) is 0.126. The van der Waals surface area contributed by atoms with Gasteiger partial charge in [-0.2, -0.15) is 13.2 Å². The summed E-state index contributed by atoms with van der Waals surface area (Å²) in [4.78, 5) is 11.0. The zero-order valence-corrected chi connectivity index (χ0v) is 10.8. The molecule has 0 aliphatic heterocycles. The van der Waals surface area contributed by atoms with E-state index in [-0.39, 0.29) is 18.0 Å². The second kappa shape index (κ2) is 5.96. The van der Waals surface area contributed by atoms with Crippen LogP contribution in [0, 0.1) is 0 Å². The Balaban J connectivity index is 0.00000200. The zero-order chi connectivity index (χ0) is 14.0. The lowest BCUT2D eigenvalue weighted by molar-refractivity contribution is -0.137. The van der Waals surface area contributed by atoms with Crippen molar-refractivity contribution in [3.8, 4) is 11.1 Å². The average Bonchev–Trinajstić information content (AvgIpc) is 2.38. The Morgan fingerprint density at radius 3 is 2.00 bits per heavy atom. The SMILES string of the molecule is Cl.O=C(O)c1ccccc1-c1ccc(C(F)(F)F)cc1. The summed E-state index contributed by atoms with van der Waals surface area (Å²) in [7, 11) is 0. The smallest absolute Gasteiger partial charge is 0.416 e. The number of hydrogen-bond donors (Lipinski definition) is 1. The third-order valence-electron chi connectivity index (χ3n) is 2.68. The van der Waals surface area contributed by atoms with Crippen molar-refractivity contribution in [2.45, 2.75) is 6.18 Å². The standard InChI is InChI=1S/C14H9F3O2.ClH/c15-14(16,17)10-7-5-9(6-8-10)11-3-1-2-4-12(11)13(18)19;/h1-8H,(H,18,19);1H. The Morgan fingerprint density at radius 2 is 1.50 bits per heavy atom. The van der Waals surface area contributed by atoms with Crippen molar-refractivity contribution in [2.24, 2.45) is 0 Å². The molecule has 0 aliphatic carbocycles. The van der Waals surface area contributed by atoms with Crippen LogP contribution in [0.15, 0.2) is 48.5 Å². The van der Waals surface area contributed by atoms with Gasteiger partial charge in [0, 0.05) is 0 Å². The molecule has 2 rings (SSSR count). The van der Waals surface area contributed by atoms with Crippen molar-refractivity contribution in [1.29, 1.82) is 0 Å². The molecule has 2 aromatic carbocycles. The molecule has 0 fully saturated rings. The van der Waals surface area contributed by atoms with Gasteiger partial charge in [0.05, 0.1) is 11.1 Å². The molecule has 0 atom stereocenters. The fourth-order valence-corrected chi connectivity index (χ4v) is 1.76. The van der Waals surface area contributed by atoms with E-state index in [1.807, 2.05) is 0 Å². The maximum Gasteiger partial charge on any atom is 0.416 e. The van der Waals surface area contributed by atoms with Gasteiger partial charge >= 0.3 is 12.1 Å². The third-order valence-corrected chi connectivity index (χ3v) is 2.68. The summed E-state index contributed by atoms with van der Waals surface area (Å²) in [6.45, 7) is 0. The lowest BCUT2D eigenvalue weighted by Gasteiger charge is -2.09. The van der Waals surface area contributed by atoms with Crippen LogP contribution < -0.4 is 0 Å². The van der Waals surface area contributed by atoms with Crippen molar-refractivity contribution in [3.05, 3.63) is 59.7 Å². The van der Waals surface area contributed by atoms with Gasteiger partial charge in [-0.1, -0.05) is 30.3 Å². The highest BCUT2D eigenvalue weighted by molar-refractivity contribution is 5.95. The van der Waals surface area contributed by atoms with E-state index in [2.05, 4.69) is 0 Å². The molecule has 0 aromatic heterocycles. The van der Waals surface area contributed by atoms with Gasteiger partial charge in [0.2, 0.25) is 0 Å². The normalized spacial score (nSPS) is 10.8. The summed E-state index contributed by atoms with van der Waals surface area (Å²) in [5, 5.41) is 9.03. The summed E-state index contributed by atoms with van der Waals surface area (Å²) in [6.07, 6.45) is -4.40. The second-order valence-corrected chi connectivity index (χ2v) is 3.93. The van der Waals surface area contributed by atoms with Crippen LogP contribution in [-0.4, -0.2) is 11.1 Å². The molecule has 2 aromatic rings. The Kier molecular flexibility index (Phi) is 4.78. The molecule has 0 unspecified atom stereocenters. The van der Waals surface area contributed by atoms with E-state index in [1.165, 1.54) is 18.2 Å². The number of carboxylic acids is 1. The summed E-state index contributed by atoms with van der Waals surface area (Å²) < 4.78 is 37.3.